The Morgan fingerprint density at radius 2 is 1.71 bits per heavy atom. The molecule has 0 saturated carbocycles. The van der Waals surface area contributed by atoms with Gasteiger partial charge in [0.15, 0.2) is 0 Å². The van der Waals surface area contributed by atoms with Crippen LogP contribution < -0.4 is 15.4 Å². The minimum absolute atomic E-state index is 0. The van der Waals surface area contributed by atoms with E-state index in [-0.39, 0.29) is 49.8 Å². The van der Waals surface area contributed by atoms with E-state index in [0.717, 1.165) is 45.0 Å². The number of piperidine rings is 1. The third kappa shape index (κ3) is 8.73. The van der Waals surface area contributed by atoms with Crippen molar-refractivity contribution in [2.75, 3.05) is 57.8 Å². The Morgan fingerprint density at radius 3 is 2.32 bits per heavy atom. The molecular formula is C21H34Cl2N4O4. The number of benzene rings is 1. The molecule has 0 aliphatic carbocycles. The van der Waals surface area contributed by atoms with Gasteiger partial charge < -0.3 is 25.0 Å². The van der Waals surface area contributed by atoms with Crippen molar-refractivity contribution >= 4 is 42.5 Å². The molecule has 0 radical (unpaired) electrons. The Labute approximate surface area is 196 Å². The van der Waals surface area contributed by atoms with Crippen LogP contribution in [-0.4, -0.2) is 80.3 Å². The van der Waals surface area contributed by atoms with Crippen LogP contribution in [0.5, 0.6) is 5.75 Å². The van der Waals surface area contributed by atoms with Crippen LogP contribution in [0.15, 0.2) is 24.3 Å². The van der Waals surface area contributed by atoms with Gasteiger partial charge in [0, 0.05) is 37.9 Å². The number of ether oxygens (including phenoxy) is 2. The van der Waals surface area contributed by atoms with Crippen LogP contribution in [0.2, 0.25) is 0 Å². The van der Waals surface area contributed by atoms with Crippen molar-refractivity contribution < 1.29 is 19.1 Å². The summed E-state index contributed by atoms with van der Waals surface area (Å²) in [7, 11) is 0. The largest absolute Gasteiger partial charge is 0.493 e. The van der Waals surface area contributed by atoms with Crippen molar-refractivity contribution in [3.05, 3.63) is 24.3 Å². The summed E-state index contributed by atoms with van der Waals surface area (Å²) in [6.07, 6.45) is 2.61. The molecule has 0 bridgehead atoms. The summed E-state index contributed by atoms with van der Waals surface area (Å²) >= 11 is 0. The summed E-state index contributed by atoms with van der Waals surface area (Å²) in [5.41, 5.74) is 0.730. The van der Waals surface area contributed by atoms with E-state index in [2.05, 4.69) is 15.5 Å². The van der Waals surface area contributed by atoms with Crippen LogP contribution in [-0.2, 0) is 9.53 Å². The highest BCUT2D eigenvalue weighted by atomic mass is 35.5. The number of urea groups is 1. The number of nitrogens with one attached hydrogen (secondary N) is 2. The van der Waals surface area contributed by atoms with E-state index in [1.165, 1.54) is 12.8 Å². The predicted octanol–water partition coefficient (Wildman–Crippen LogP) is 2.76. The SMILES string of the molecule is CCOC(=O)CCOc1ccc(NC(=O)N2CCN(C3CCNCC3)CC2)cc1.Cl.Cl. The second-order valence-electron chi connectivity index (χ2n) is 7.36. The molecule has 0 atom stereocenters. The number of carbonyl (C=O) groups excluding carboxylic acids is 2. The van der Waals surface area contributed by atoms with E-state index in [0.29, 0.717) is 18.4 Å². The van der Waals surface area contributed by atoms with E-state index in [4.69, 9.17) is 9.47 Å². The first kappa shape index (κ1) is 27.3. The van der Waals surface area contributed by atoms with Gasteiger partial charge in [0.2, 0.25) is 0 Å². The first-order valence-corrected chi connectivity index (χ1v) is 10.5. The van der Waals surface area contributed by atoms with Crippen molar-refractivity contribution in [2.24, 2.45) is 0 Å². The fraction of sp³-hybridized carbons (Fsp3) is 0.619. The molecule has 1 aromatic rings. The van der Waals surface area contributed by atoms with E-state index < -0.39 is 0 Å². The summed E-state index contributed by atoms with van der Waals surface area (Å²) in [6.45, 7) is 7.99. The van der Waals surface area contributed by atoms with Gasteiger partial charge in [-0.2, -0.15) is 0 Å². The molecule has 2 heterocycles. The first-order chi connectivity index (χ1) is 14.2. The van der Waals surface area contributed by atoms with E-state index in [9.17, 15) is 9.59 Å². The quantitative estimate of drug-likeness (QED) is 0.588. The van der Waals surface area contributed by atoms with Crippen molar-refractivity contribution in [3.63, 3.8) is 0 Å². The van der Waals surface area contributed by atoms with Crippen molar-refractivity contribution in [1.82, 2.24) is 15.1 Å². The summed E-state index contributed by atoms with van der Waals surface area (Å²) in [6, 6.07) is 7.78. The van der Waals surface area contributed by atoms with Gasteiger partial charge in [-0.05, 0) is 57.1 Å². The number of anilines is 1. The lowest BCUT2D eigenvalue weighted by Crippen LogP contribution is -2.54. The maximum Gasteiger partial charge on any atom is 0.321 e. The smallest absolute Gasteiger partial charge is 0.321 e. The highest BCUT2D eigenvalue weighted by molar-refractivity contribution is 5.89. The van der Waals surface area contributed by atoms with Gasteiger partial charge in [0.25, 0.3) is 0 Å². The summed E-state index contributed by atoms with van der Waals surface area (Å²) in [5, 5.41) is 6.36. The van der Waals surface area contributed by atoms with E-state index >= 15 is 0 Å². The Hall–Kier alpha value is -1.74. The molecule has 2 aliphatic heterocycles. The molecule has 2 aliphatic rings. The molecular weight excluding hydrogens is 443 g/mol. The average molecular weight is 477 g/mol. The first-order valence-electron chi connectivity index (χ1n) is 10.5. The lowest BCUT2D eigenvalue weighted by molar-refractivity contribution is -0.143. The Morgan fingerprint density at radius 1 is 1.06 bits per heavy atom. The van der Waals surface area contributed by atoms with Crippen molar-refractivity contribution in [3.8, 4) is 5.75 Å². The van der Waals surface area contributed by atoms with Gasteiger partial charge in [-0.25, -0.2) is 4.79 Å². The van der Waals surface area contributed by atoms with Crippen LogP contribution in [0.25, 0.3) is 0 Å². The Bertz CT molecular complexity index is 664. The van der Waals surface area contributed by atoms with Gasteiger partial charge in [0.1, 0.15) is 5.75 Å². The molecule has 0 unspecified atom stereocenters. The fourth-order valence-electron chi connectivity index (χ4n) is 3.78. The molecule has 3 rings (SSSR count). The van der Waals surface area contributed by atoms with Gasteiger partial charge in [-0.1, -0.05) is 0 Å². The van der Waals surface area contributed by atoms with Crippen molar-refractivity contribution in [2.45, 2.75) is 32.2 Å². The zero-order chi connectivity index (χ0) is 20.5. The standard InChI is InChI=1S/C21H32N4O4.2ClH/c1-2-28-20(26)9-16-29-19-5-3-17(4-6-19)23-21(27)25-14-12-24(13-15-25)18-7-10-22-11-8-18;;/h3-6,18,22H,2,7-16H2,1H3,(H,23,27);2*1H. The normalized spacial score (nSPS) is 17.1. The molecule has 31 heavy (non-hydrogen) atoms. The third-order valence-corrected chi connectivity index (χ3v) is 5.41. The topological polar surface area (TPSA) is 83.1 Å². The maximum atomic E-state index is 12.5. The zero-order valence-electron chi connectivity index (χ0n) is 18.0. The molecule has 2 N–H and O–H groups in total. The molecule has 8 nitrogen and oxygen atoms in total. The van der Waals surface area contributed by atoms with Gasteiger partial charge in [-0.15, -0.1) is 24.8 Å². The minimum atomic E-state index is -0.267. The van der Waals surface area contributed by atoms with Gasteiger partial charge >= 0.3 is 12.0 Å². The molecule has 0 spiro atoms. The zero-order valence-corrected chi connectivity index (χ0v) is 19.6. The molecule has 10 heteroatoms. The van der Waals surface area contributed by atoms with Gasteiger partial charge in [0.05, 0.1) is 19.6 Å². The molecule has 2 amide bonds. The highest BCUT2D eigenvalue weighted by Gasteiger charge is 2.26. The predicted molar refractivity (Wildman–Crippen MR) is 126 cm³/mol. The van der Waals surface area contributed by atoms with Crippen molar-refractivity contribution in [1.29, 1.82) is 0 Å². The monoisotopic (exact) mass is 476 g/mol. The number of amides is 2. The number of hydrogen-bond acceptors (Lipinski definition) is 6. The molecule has 176 valence electrons. The third-order valence-electron chi connectivity index (χ3n) is 5.41. The molecule has 1 aromatic carbocycles. The van der Waals surface area contributed by atoms with Crippen LogP contribution in [0.3, 0.4) is 0 Å². The number of nitrogens with zero attached hydrogens (tertiary/aromatic N) is 2. The molecule has 0 aromatic heterocycles. The van der Waals surface area contributed by atoms with E-state index in [1.807, 2.05) is 17.0 Å². The number of halogens is 2. The number of hydrogen-bond donors (Lipinski definition) is 2. The lowest BCUT2D eigenvalue weighted by Gasteiger charge is -2.40. The number of piperazine rings is 1. The summed E-state index contributed by atoms with van der Waals surface area (Å²) < 4.78 is 10.4. The maximum absolute atomic E-state index is 12.5. The molecule has 2 saturated heterocycles. The highest BCUT2D eigenvalue weighted by Crippen LogP contribution is 2.18. The van der Waals surface area contributed by atoms with Crippen LogP contribution in [0.1, 0.15) is 26.2 Å². The minimum Gasteiger partial charge on any atom is -0.493 e. The Balaban J connectivity index is 0.00000240. The number of esters is 1. The second-order valence-corrected chi connectivity index (χ2v) is 7.36. The lowest BCUT2D eigenvalue weighted by atomic mass is 10.0. The summed E-state index contributed by atoms with van der Waals surface area (Å²) in [5.74, 6) is 0.388. The van der Waals surface area contributed by atoms with Crippen LogP contribution in [0, 0.1) is 0 Å². The summed E-state index contributed by atoms with van der Waals surface area (Å²) in [4.78, 5) is 28.3. The molecule has 2 fully saturated rings. The fourth-order valence-corrected chi connectivity index (χ4v) is 3.78. The second kappa shape index (κ2) is 14.3. The van der Waals surface area contributed by atoms with Crippen LogP contribution in [0.4, 0.5) is 10.5 Å². The average Bonchev–Trinajstić information content (AvgIpc) is 2.76. The number of rotatable bonds is 7. The van der Waals surface area contributed by atoms with E-state index in [1.54, 1.807) is 19.1 Å². The van der Waals surface area contributed by atoms with Crippen LogP contribution >= 0.6 is 24.8 Å². The van der Waals surface area contributed by atoms with Gasteiger partial charge in [-0.3, -0.25) is 9.69 Å². The Kier molecular flexibility index (Phi) is 12.6. The number of carbonyl (C=O) groups is 2.